The van der Waals surface area contributed by atoms with Crippen molar-refractivity contribution in [2.45, 2.75) is 76.0 Å². The fraction of sp³-hybridized carbons (Fsp3) is 0.520. The van der Waals surface area contributed by atoms with Crippen LogP contribution in [0.5, 0.6) is 5.75 Å². The molecule has 0 atom stereocenters. The van der Waals surface area contributed by atoms with Crippen molar-refractivity contribution in [1.82, 2.24) is 0 Å². The van der Waals surface area contributed by atoms with Crippen molar-refractivity contribution >= 4 is 21.9 Å². The second kappa shape index (κ2) is 7.22. The number of rotatable bonds is 3. The van der Waals surface area contributed by atoms with Crippen LogP contribution >= 0.6 is 0 Å². The van der Waals surface area contributed by atoms with E-state index in [1.165, 1.54) is 86.1 Å². The van der Waals surface area contributed by atoms with Gasteiger partial charge in [0.05, 0.1) is 12.5 Å². The minimum Gasteiger partial charge on any atom is -0.496 e. The lowest BCUT2D eigenvalue weighted by Gasteiger charge is -2.24. The van der Waals surface area contributed by atoms with Gasteiger partial charge < -0.3 is 9.15 Å². The van der Waals surface area contributed by atoms with E-state index in [1.54, 1.807) is 0 Å². The van der Waals surface area contributed by atoms with Crippen molar-refractivity contribution in [3.8, 4) is 5.75 Å². The Morgan fingerprint density at radius 3 is 2.15 bits per heavy atom. The summed E-state index contributed by atoms with van der Waals surface area (Å²) >= 11 is 0. The third kappa shape index (κ3) is 3.03. The largest absolute Gasteiger partial charge is 0.496 e. The third-order valence-corrected chi connectivity index (χ3v) is 6.97. The lowest BCUT2D eigenvalue weighted by Crippen LogP contribution is -2.06. The molecule has 0 N–H and O–H groups in total. The number of ether oxygens (including phenoxy) is 1. The van der Waals surface area contributed by atoms with Crippen LogP contribution in [0.3, 0.4) is 0 Å². The molecule has 27 heavy (non-hydrogen) atoms. The van der Waals surface area contributed by atoms with E-state index in [0.29, 0.717) is 11.8 Å². The van der Waals surface area contributed by atoms with E-state index in [4.69, 9.17) is 9.15 Å². The van der Waals surface area contributed by atoms with Crippen molar-refractivity contribution in [1.29, 1.82) is 0 Å². The Bertz CT molecular complexity index is 940. The summed E-state index contributed by atoms with van der Waals surface area (Å²) < 4.78 is 12.2. The van der Waals surface area contributed by atoms with Crippen LogP contribution < -0.4 is 4.74 Å². The Morgan fingerprint density at radius 1 is 0.778 bits per heavy atom. The average Bonchev–Trinajstić information content (AvgIpc) is 3.12. The maximum absolute atomic E-state index is 6.20. The second-order valence-electron chi connectivity index (χ2n) is 8.59. The van der Waals surface area contributed by atoms with Crippen molar-refractivity contribution in [3.05, 3.63) is 41.5 Å². The summed E-state index contributed by atoms with van der Waals surface area (Å²) in [5.74, 6) is 2.39. The lowest BCUT2D eigenvalue weighted by molar-refractivity contribution is 0.391. The molecule has 0 spiro atoms. The van der Waals surface area contributed by atoms with E-state index in [0.717, 1.165) is 16.9 Å². The van der Waals surface area contributed by atoms with Gasteiger partial charge >= 0.3 is 0 Å². The van der Waals surface area contributed by atoms with Gasteiger partial charge in [-0.2, -0.15) is 0 Å². The van der Waals surface area contributed by atoms with Gasteiger partial charge in [-0.15, -0.1) is 0 Å². The normalized spacial score (nSPS) is 19.7. The molecule has 1 aromatic heterocycles. The number of hydrogen-bond donors (Lipinski definition) is 0. The maximum atomic E-state index is 6.20. The molecule has 2 aromatic carbocycles. The second-order valence-corrected chi connectivity index (χ2v) is 8.59. The van der Waals surface area contributed by atoms with Crippen LogP contribution in [0.1, 0.15) is 87.2 Å². The highest BCUT2D eigenvalue weighted by molar-refractivity contribution is 6.09. The molecule has 1 heterocycles. The van der Waals surface area contributed by atoms with Crippen LogP contribution in [0.15, 0.2) is 34.7 Å². The molecule has 5 rings (SSSR count). The number of fused-ring (bicyclic) bond motifs is 3. The van der Waals surface area contributed by atoms with Crippen LogP contribution in [0.2, 0.25) is 0 Å². The van der Waals surface area contributed by atoms with Crippen molar-refractivity contribution < 1.29 is 9.15 Å². The van der Waals surface area contributed by atoms with Crippen molar-refractivity contribution in [2.75, 3.05) is 7.11 Å². The van der Waals surface area contributed by atoms with Gasteiger partial charge in [-0.3, -0.25) is 0 Å². The Labute approximate surface area is 161 Å². The van der Waals surface area contributed by atoms with Gasteiger partial charge in [0, 0.05) is 5.39 Å². The summed E-state index contributed by atoms with van der Waals surface area (Å²) in [5.41, 5.74) is 4.82. The molecule has 3 aromatic rings. The molecular weight excluding hydrogens is 332 g/mol. The SMILES string of the molecule is COc1c(C2CCCCC2)ccc2oc3ccc(C4CCCCC4)cc3c12. The molecule has 0 unspecified atom stereocenters. The number of methoxy groups -OCH3 is 1. The zero-order chi connectivity index (χ0) is 18.2. The quantitative estimate of drug-likeness (QED) is 0.476. The van der Waals surface area contributed by atoms with E-state index >= 15 is 0 Å². The molecule has 2 aliphatic rings. The predicted octanol–water partition coefficient (Wildman–Crippen LogP) is 7.69. The van der Waals surface area contributed by atoms with Gasteiger partial charge in [0.2, 0.25) is 0 Å². The summed E-state index contributed by atoms with van der Waals surface area (Å²) in [7, 11) is 1.82. The average molecular weight is 363 g/mol. The van der Waals surface area contributed by atoms with E-state index in [2.05, 4.69) is 30.3 Å². The molecule has 2 heteroatoms. The number of benzene rings is 2. The van der Waals surface area contributed by atoms with Gasteiger partial charge in [0.25, 0.3) is 0 Å². The highest BCUT2D eigenvalue weighted by Gasteiger charge is 2.24. The molecule has 2 nitrogen and oxygen atoms in total. The van der Waals surface area contributed by atoms with Gasteiger partial charge in [0.15, 0.2) is 0 Å². The van der Waals surface area contributed by atoms with Crippen molar-refractivity contribution in [2.24, 2.45) is 0 Å². The Balaban J connectivity index is 1.65. The van der Waals surface area contributed by atoms with Crippen LogP contribution in [-0.4, -0.2) is 7.11 Å². The van der Waals surface area contributed by atoms with Crippen molar-refractivity contribution in [3.63, 3.8) is 0 Å². The van der Waals surface area contributed by atoms with Gasteiger partial charge in [0.1, 0.15) is 16.9 Å². The van der Waals surface area contributed by atoms with E-state index in [9.17, 15) is 0 Å². The first-order chi connectivity index (χ1) is 13.3. The van der Waals surface area contributed by atoms with Gasteiger partial charge in [-0.25, -0.2) is 0 Å². The standard InChI is InChI=1S/C25H30O2/c1-26-25-20(18-10-6-3-7-11-18)13-15-23-24(25)21-16-19(12-14-22(21)27-23)17-8-4-2-5-9-17/h12-18H,2-11H2,1H3. The zero-order valence-electron chi connectivity index (χ0n) is 16.4. The van der Waals surface area contributed by atoms with Crippen LogP contribution in [0, 0.1) is 0 Å². The summed E-state index contributed by atoms with van der Waals surface area (Å²) in [5, 5.41) is 2.43. The summed E-state index contributed by atoms with van der Waals surface area (Å²) in [6.07, 6.45) is 13.4. The summed E-state index contributed by atoms with van der Waals surface area (Å²) in [4.78, 5) is 0. The molecule has 0 amide bonds. The predicted molar refractivity (Wildman–Crippen MR) is 112 cm³/mol. The molecular formula is C25H30O2. The molecule has 0 saturated heterocycles. The molecule has 2 saturated carbocycles. The monoisotopic (exact) mass is 362 g/mol. The summed E-state index contributed by atoms with van der Waals surface area (Å²) in [6, 6.07) is 11.3. The number of hydrogen-bond acceptors (Lipinski definition) is 2. The van der Waals surface area contributed by atoms with Crippen LogP contribution in [0.4, 0.5) is 0 Å². The Morgan fingerprint density at radius 2 is 1.44 bits per heavy atom. The van der Waals surface area contributed by atoms with E-state index in [-0.39, 0.29) is 0 Å². The van der Waals surface area contributed by atoms with E-state index < -0.39 is 0 Å². The molecule has 2 fully saturated rings. The Hall–Kier alpha value is -1.96. The smallest absolute Gasteiger partial charge is 0.139 e. The Kier molecular flexibility index (Phi) is 4.59. The molecule has 0 bridgehead atoms. The highest BCUT2D eigenvalue weighted by Crippen LogP contribution is 2.45. The summed E-state index contributed by atoms with van der Waals surface area (Å²) in [6.45, 7) is 0. The lowest BCUT2D eigenvalue weighted by atomic mass is 9.82. The van der Waals surface area contributed by atoms with Gasteiger partial charge in [-0.1, -0.05) is 50.7 Å². The highest BCUT2D eigenvalue weighted by atomic mass is 16.5. The molecule has 0 radical (unpaired) electrons. The van der Waals surface area contributed by atoms with Crippen LogP contribution in [-0.2, 0) is 0 Å². The van der Waals surface area contributed by atoms with Crippen LogP contribution in [0.25, 0.3) is 21.9 Å². The third-order valence-electron chi connectivity index (χ3n) is 6.97. The minimum absolute atomic E-state index is 0.629. The molecule has 2 aliphatic carbocycles. The first kappa shape index (κ1) is 17.2. The maximum Gasteiger partial charge on any atom is 0.139 e. The zero-order valence-corrected chi connectivity index (χ0v) is 16.4. The van der Waals surface area contributed by atoms with Gasteiger partial charge in [-0.05, 0) is 66.8 Å². The first-order valence-corrected chi connectivity index (χ1v) is 10.9. The first-order valence-electron chi connectivity index (χ1n) is 10.9. The fourth-order valence-corrected chi connectivity index (χ4v) is 5.52. The minimum atomic E-state index is 0.629. The van der Waals surface area contributed by atoms with E-state index in [1.807, 2.05) is 7.11 Å². The topological polar surface area (TPSA) is 22.4 Å². The fourth-order valence-electron chi connectivity index (χ4n) is 5.52. The molecule has 142 valence electrons. The molecule has 0 aliphatic heterocycles. The number of furan rings is 1.